The predicted molar refractivity (Wildman–Crippen MR) is 99.8 cm³/mol. The Morgan fingerprint density at radius 2 is 2.07 bits per heavy atom. The van der Waals surface area contributed by atoms with E-state index in [1.165, 1.54) is 12.3 Å². The molecular weight excluding hydrogens is 349 g/mol. The summed E-state index contributed by atoms with van der Waals surface area (Å²) in [4.78, 5) is 26.2. The molecule has 1 unspecified atom stereocenters. The smallest absolute Gasteiger partial charge is 0.341 e. The van der Waals surface area contributed by atoms with Gasteiger partial charge < -0.3 is 20.3 Å². The van der Waals surface area contributed by atoms with Gasteiger partial charge in [0.05, 0.1) is 11.2 Å². The molecule has 3 N–H and O–H groups in total. The number of aromatic carboxylic acids is 1. The van der Waals surface area contributed by atoms with Crippen LogP contribution in [-0.2, 0) is 5.54 Å². The number of benzene rings is 1. The highest BCUT2D eigenvalue weighted by Gasteiger charge is 2.58. The minimum Gasteiger partial charge on any atom is -0.477 e. The Hall–Kier alpha value is -2.41. The van der Waals surface area contributed by atoms with Crippen molar-refractivity contribution in [3.63, 3.8) is 0 Å². The van der Waals surface area contributed by atoms with Crippen molar-refractivity contribution in [3.8, 4) is 0 Å². The lowest BCUT2D eigenvalue weighted by atomic mass is 9.49. The van der Waals surface area contributed by atoms with Gasteiger partial charge in [0.1, 0.15) is 11.4 Å². The van der Waals surface area contributed by atoms with Crippen molar-refractivity contribution < 1.29 is 14.3 Å². The first-order chi connectivity index (χ1) is 12.9. The Bertz CT molecular complexity index is 1010. The zero-order valence-corrected chi connectivity index (χ0v) is 14.9. The molecule has 2 aromatic rings. The minimum absolute atomic E-state index is 0.110. The number of pyridine rings is 1. The van der Waals surface area contributed by atoms with Gasteiger partial charge in [-0.1, -0.05) is 0 Å². The summed E-state index contributed by atoms with van der Waals surface area (Å²) in [6.45, 7) is 2.00. The number of aromatic nitrogens is 1. The number of halogens is 1. The van der Waals surface area contributed by atoms with Gasteiger partial charge in [0.25, 0.3) is 0 Å². The Morgan fingerprint density at radius 3 is 2.63 bits per heavy atom. The summed E-state index contributed by atoms with van der Waals surface area (Å²) in [5.41, 5.74) is 5.85. The summed E-state index contributed by atoms with van der Waals surface area (Å²) >= 11 is 0. The number of nitrogens with two attached hydrogens (primary N) is 1. The normalized spacial score (nSPS) is 28.9. The van der Waals surface area contributed by atoms with Gasteiger partial charge in [-0.15, -0.1) is 0 Å². The molecule has 142 valence electrons. The molecule has 2 heterocycles. The molecule has 1 aromatic carbocycles. The number of carbonyl (C=O) groups is 1. The number of nitrogens with zero attached hydrogens (tertiary/aromatic N) is 2. The third-order valence-corrected chi connectivity index (χ3v) is 6.78. The second-order valence-electron chi connectivity index (χ2n) is 8.41. The quantitative estimate of drug-likeness (QED) is 0.860. The summed E-state index contributed by atoms with van der Waals surface area (Å²) in [7, 11) is 0. The molecule has 3 aliphatic carbocycles. The highest BCUT2D eigenvalue weighted by molar-refractivity contribution is 5.93. The Morgan fingerprint density at radius 1 is 1.33 bits per heavy atom. The van der Waals surface area contributed by atoms with E-state index in [0.717, 1.165) is 32.2 Å². The van der Waals surface area contributed by atoms with Crippen molar-refractivity contribution in [1.82, 2.24) is 4.57 Å². The second kappa shape index (κ2) is 5.55. The number of hydrogen-bond donors (Lipinski definition) is 2. The van der Waals surface area contributed by atoms with Crippen molar-refractivity contribution in [2.24, 2.45) is 17.6 Å². The predicted octanol–water partition coefficient (Wildman–Crippen LogP) is 2.13. The summed E-state index contributed by atoms with van der Waals surface area (Å²) in [5, 5.41) is 9.59. The maximum absolute atomic E-state index is 14.9. The molecule has 27 heavy (non-hydrogen) atoms. The second-order valence-corrected chi connectivity index (χ2v) is 8.41. The molecule has 3 saturated carbocycles. The highest BCUT2D eigenvalue weighted by Crippen LogP contribution is 2.62. The summed E-state index contributed by atoms with van der Waals surface area (Å²) in [6, 6.07) is 2.95. The van der Waals surface area contributed by atoms with Gasteiger partial charge in [-0.3, -0.25) is 4.79 Å². The number of carboxylic acid groups (broad SMARTS) is 1. The molecule has 1 atom stereocenters. The molecule has 4 aliphatic rings. The molecule has 0 amide bonds. The lowest BCUT2D eigenvalue weighted by molar-refractivity contribution is -0.0860. The van der Waals surface area contributed by atoms with Crippen molar-refractivity contribution in [2.45, 2.75) is 31.2 Å². The van der Waals surface area contributed by atoms with E-state index in [2.05, 4.69) is 0 Å². The maximum atomic E-state index is 14.9. The minimum atomic E-state index is -1.27. The van der Waals surface area contributed by atoms with Crippen LogP contribution >= 0.6 is 0 Å². The largest absolute Gasteiger partial charge is 0.477 e. The average molecular weight is 371 g/mol. The molecule has 1 aliphatic heterocycles. The van der Waals surface area contributed by atoms with E-state index in [-0.39, 0.29) is 16.5 Å². The first-order valence-corrected chi connectivity index (χ1v) is 9.49. The van der Waals surface area contributed by atoms with Crippen LogP contribution in [0.4, 0.5) is 10.1 Å². The number of carboxylic acids is 1. The van der Waals surface area contributed by atoms with Gasteiger partial charge in [0.15, 0.2) is 0 Å². The van der Waals surface area contributed by atoms with Gasteiger partial charge in [-0.05, 0) is 56.2 Å². The zero-order chi connectivity index (χ0) is 18.9. The molecule has 4 fully saturated rings. The summed E-state index contributed by atoms with van der Waals surface area (Å²) in [5.74, 6) is -0.716. The van der Waals surface area contributed by atoms with Crippen LogP contribution in [0.1, 0.15) is 36.0 Å². The topological polar surface area (TPSA) is 88.6 Å². The van der Waals surface area contributed by atoms with E-state index in [0.29, 0.717) is 36.1 Å². The molecule has 6 nitrogen and oxygen atoms in total. The van der Waals surface area contributed by atoms with Crippen LogP contribution in [0, 0.1) is 17.7 Å². The van der Waals surface area contributed by atoms with Crippen LogP contribution in [0.25, 0.3) is 10.9 Å². The molecule has 1 saturated heterocycles. The van der Waals surface area contributed by atoms with Crippen LogP contribution in [-0.4, -0.2) is 35.3 Å². The monoisotopic (exact) mass is 371 g/mol. The number of hydrogen-bond acceptors (Lipinski definition) is 4. The molecule has 2 bridgehead atoms. The number of fused-ring (bicyclic) bond motifs is 1. The Balaban J connectivity index is 1.71. The fourth-order valence-electron chi connectivity index (χ4n) is 5.09. The van der Waals surface area contributed by atoms with Crippen LogP contribution in [0.15, 0.2) is 23.1 Å². The molecule has 0 spiro atoms. The van der Waals surface area contributed by atoms with E-state index >= 15 is 0 Å². The van der Waals surface area contributed by atoms with E-state index in [4.69, 9.17) is 5.73 Å². The Labute approximate surface area is 155 Å². The van der Waals surface area contributed by atoms with Gasteiger partial charge in [-0.2, -0.15) is 0 Å². The molecule has 0 radical (unpaired) electrons. The first kappa shape index (κ1) is 16.7. The van der Waals surface area contributed by atoms with Crippen LogP contribution < -0.4 is 16.1 Å². The number of anilines is 1. The van der Waals surface area contributed by atoms with Crippen molar-refractivity contribution in [3.05, 3.63) is 39.9 Å². The lowest BCUT2D eigenvalue weighted by Crippen LogP contribution is -2.59. The third-order valence-electron chi connectivity index (χ3n) is 6.78. The van der Waals surface area contributed by atoms with E-state index in [1.54, 1.807) is 6.07 Å². The standard InChI is InChI=1S/C20H22FN3O3/c21-15-3-13-16(4-17(15)23-2-1-11(8-22)9-23)24(20-5-12(6-20)7-20)10-14(18(13)25)19(26)27/h3-4,10-12H,1-2,5-9,22H2,(H,26,27). The molecule has 6 rings (SSSR count). The first-order valence-electron chi connectivity index (χ1n) is 9.49. The van der Waals surface area contributed by atoms with Gasteiger partial charge in [0.2, 0.25) is 5.43 Å². The molecular formula is C20H22FN3O3. The SMILES string of the molecule is NCC1CCN(c2cc3c(cc2F)c(=O)c(C(=O)O)cn3C23CC(C2)C3)C1. The van der Waals surface area contributed by atoms with Crippen molar-refractivity contribution >= 4 is 22.6 Å². The van der Waals surface area contributed by atoms with Crippen LogP contribution in [0.3, 0.4) is 0 Å². The zero-order valence-electron chi connectivity index (χ0n) is 14.9. The van der Waals surface area contributed by atoms with Gasteiger partial charge >= 0.3 is 5.97 Å². The van der Waals surface area contributed by atoms with E-state index in [1.807, 2.05) is 9.47 Å². The highest BCUT2D eigenvalue weighted by atomic mass is 19.1. The van der Waals surface area contributed by atoms with Gasteiger partial charge in [-0.25, -0.2) is 9.18 Å². The molecule has 7 heteroatoms. The van der Waals surface area contributed by atoms with Crippen LogP contribution in [0.2, 0.25) is 0 Å². The van der Waals surface area contributed by atoms with Crippen molar-refractivity contribution in [2.75, 3.05) is 24.5 Å². The van der Waals surface area contributed by atoms with E-state index < -0.39 is 17.2 Å². The van der Waals surface area contributed by atoms with E-state index in [9.17, 15) is 19.1 Å². The van der Waals surface area contributed by atoms with Crippen molar-refractivity contribution in [1.29, 1.82) is 0 Å². The summed E-state index contributed by atoms with van der Waals surface area (Å²) in [6.07, 6.45) is 5.38. The number of rotatable bonds is 4. The Kier molecular flexibility index (Phi) is 3.44. The lowest BCUT2D eigenvalue weighted by Gasteiger charge is -2.63. The van der Waals surface area contributed by atoms with Crippen LogP contribution in [0.5, 0.6) is 0 Å². The fraction of sp³-hybridized carbons (Fsp3) is 0.500. The fourth-order valence-corrected chi connectivity index (χ4v) is 5.09. The maximum Gasteiger partial charge on any atom is 0.341 e. The third kappa shape index (κ3) is 2.27. The molecule has 1 aromatic heterocycles. The van der Waals surface area contributed by atoms with Gasteiger partial charge in [0, 0.05) is 30.2 Å². The summed E-state index contributed by atoms with van der Waals surface area (Å²) < 4.78 is 16.8. The average Bonchev–Trinajstić information content (AvgIpc) is 3.02.